The third-order valence-electron chi connectivity index (χ3n) is 4.81. The molecule has 0 aliphatic rings. The molecule has 6 nitrogen and oxygen atoms in total. The highest BCUT2D eigenvalue weighted by molar-refractivity contribution is 8.00. The molecule has 4 aromatic rings. The van der Waals surface area contributed by atoms with Crippen LogP contribution in [0.3, 0.4) is 0 Å². The van der Waals surface area contributed by atoms with Crippen LogP contribution in [-0.4, -0.2) is 20.7 Å². The predicted molar refractivity (Wildman–Crippen MR) is 120 cm³/mol. The minimum absolute atomic E-state index is 0.150. The maximum Gasteiger partial charge on any atom is 0.261 e. The van der Waals surface area contributed by atoms with Crippen molar-refractivity contribution < 1.29 is 4.79 Å². The molecular weight excluding hydrogens is 396 g/mol. The number of hydrogen-bond donors (Lipinski definition) is 1. The zero-order valence-electron chi connectivity index (χ0n) is 16.4. The molecule has 0 saturated carbocycles. The molecular formula is C23H18N4O2S. The van der Waals surface area contributed by atoms with Gasteiger partial charge in [0.1, 0.15) is 0 Å². The molecule has 30 heavy (non-hydrogen) atoms. The van der Waals surface area contributed by atoms with Crippen molar-refractivity contribution in [2.45, 2.75) is 17.3 Å². The van der Waals surface area contributed by atoms with E-state index in [0.29, 0.717) is 27.3 Å². The van der Waals surface area contributed by atoms with Crippen molar-refractivity contribution in [1.82, 2.24) is 9.55 Å². The van der Waals surface area contributed by atoms with Gasteiger partial charge in [-0.3, -0.25) is 14.2 Å². The summed E-state index contributed by atoms with van der Waals surface area (Å²) >= 11 is 1.22. The fourth-order valence-electron chi connectivity index (χ4n) is 3.17. The Hall–Kier alpha value is -3.63. The van der Waals surface area contributed by atoms with Crippen LogP contribution in [0, 0.1) is 11.3 Å². The van der Waals surface area contributed by atoms with Gasteiger partial charge < -0.3 is 5.32 Å². The first-order valence-electron chi connectivity index (χ1n) is 9.33. The highest BCUT2D eigenvalue weighted by Gasteiger charge is 2.19. The quantitative estimate of drug-likeness (QED) is 0.309. The molecule has 0 unspecified atom stereocenters. The smallest absolute Gasteiger partial charge is 0.261 e. The van der Waals surface area contributed by atoms with Crippen molar-refractivity contribution in [3.05, 3.63) is 76.6 Å². The fraction of sp³-hybridized carbons (Fsp3) is 0.130. The topological polar surface area (TPSA) is 87.8 Å². The maximum atomic E-state index is 12.9. The van der Waals surface area contributed by atoms with Gasteiger partial charge in [0, 0.05) is 12.7 Å². The second-order valence-electron chi connectivity index (χ2n) is 6.92. The number of fused-ring (bicyclic) bond motifs is 2. The van der Waals surface area contributed by atoms with Crippen molar-refractivity contribution in [3.63, 3.8) is 0 Å². The molecule has 1 atom stereocenters. The van der Waals surface area contributed by atoms with E-state index in [1.165, 1.54) is 16.3 Å². The lowest BCUT2D eigenvalue weighted by molar-refractivity contribution is -0.115. The monoisotopic (exact) mass is 414 g/mol. The molecule has 148 valence electrons. The number of benzene rings is 3. The van der Waals surface area contributed by atoms with Crippen LogP contribution < -0.4 is 10.9 Å². The van der Waals surface area contributed by atoms with Gasteiger partial charge in [-0.15, -0.1) is 0 Å². The van der Waals surface area contributed by atoms with E-state index in [1.807, 2.05) is 42.5 Å². The summed E-state index contributed by atoms with van der Waals surface area (Å²) in [5.74, 6) is -0.233. The zero-order chi connectivity index (χ0) is 21.3. The van der Waals surface area contributed by atoms with E-state index in [9.17, 15) is 9.59 Å². The lowest BCUT2D eigenvalue weighted by Crippen LogP contribution is -2.25. The summed E-state index contributed by atoms with van der Waals surface area (Å²) in [5, 5.41) is 14.3. The summed E-state index contributed by atoms with van der Waals surface area (Å²) in [7, 11) is 1.66. The van der Waals surface area contributed by atoms with Crippen LogP contribution in [-0.2, 0) is 11.8 Å². The zero-order valence-corrected chi connectivity index (χ0v) is 17.2. The Morgan fingerprint density at radius 3 is 2.60 bits per heavy atom. The Morgan fingerprint density at radius 2 is 1.87 bits per heavy atom. The van der Waals surface area contributed by atoms with Gasteiger partial charge in [0.05, 0.1) is 27.8 Å². The van der Waals surface area contributed by atoms with Crippen molar-refractivity contribution >= 4 is 45.0 Å². The van der Waals surface area contributed by atoms with Gasteiger partial charge in [0.25, 0.3) is 5.56 Å². The number of thioether (sulfide) groups is 1. The second-order valence-corrected chi connectivity index (χ2v) is 8.22. The van der Waals surface area contributed by atoms with E-state index in [1.54, 1.807) is 38.2 Å². The number of amides is 1. The molecule has 7 heteroatoms. The highest BCUT2D eigenvalue weighted by atomic mass is 32.2. The van der Waals surface area contributed by atoms with E-state index in [-0.39, 0.29) is 11.5 Å². The molecule has 0 bridgehead atoms. The van der Waals surface area contributed by atoms with Crippen LogP contribution in [0.4, 0.5) is 5.69 Å². The third-order valence-corrected chi connectivity index (χ3v) is 5.96. The van der Waals surface area contributed by atoms with Gasteiger partial charge >= 0.3 is 0 Å². The molecule has 0 spiro atoms. The number of carbonyl (C=O) groups is 1. The highest BCUT2D eigenvalue weighted by Crippen LogP contribution is 2.25. The van der Waals surface area contributed by atoms with Crippen LogP contribution in [0.5, 0.6) is 0 Å². The molecule has 3 aromatic carbocycles. The fourth-order valence-corrected chi connectivity index (χ4v) is 4.04. The first-order chi connectivity index (χ1) is 14.5. The van der Waals surface area contributed by atoms with E-state index >= 15 is 0 Å². The lowest BCUT2D eigenvalue weighted by Gasteiger charge is -2.14. The Balaban J connectivity index is 1.63. The number of aromatic nitrogens is 2. The van der Waals surface area contributed by atoms with E-state index in [0.717, 1.165) is 10.8 Å². The molecule has 0 aliphatic heterocycles. The minimum atomic E-state index is -0.494. The van der Waals surface area contributed by atoms with Crippen molar-refractivity contribution in [1.29, 1.82) is 5.26 Å². The molecule has 0 saturated heterocycles. The van der Waals surface area contributed by atoms with Gasteiger partial charge in [-0.2, -0.15) is 5.26 Å². The predicted octanol–water partition coefficient (Wildman–Crippen LogP) is 4.08. The van der Waals surface area contributed by atoms with Crippen molar-refractivity contribution in [2.24, 2.45) is 7.05 Å². The third kappa shape index (κ3) is 3.78. The SMILES string of the molecule is C[C@@H](Sc1nc2cc3ccccc3cc2c(=O)n1C)C(=O)Nc1cccc(C#N)c1. The summed E-state index contributed by atoms with van der Waals surface area (Å²) in [6.45, 7) is 1.75. The number of nitrogens with zero attached hydrogens (tertiary/aromatic N) is 3. The van der Waals surface area contributed by atoms with Crippen LogP contribution in [0.1, 0.15) is 12.5 Å². The lowest BCUT2D eigenvalue weighted by atomic mass is 10.1. The van der Waals surface area contributed by atoms with Crippen LogP contribution in [0.25, 0.3) is 21.7 Å². The Morgan fingerprint density at radius 1 is 1.13 bits per heavy atom. The standard InChI is InChI=1S/C23H18N4O2S/c1-14(21(28)25-18-9-5-6-15(10-18)13-24)30-23-26-20-12-17-8-4-3-7-16(17)11-19(20)22(29)27(23)2/h3-12,14H,1-2H3,(H,25,28)/t14-/m1/s1. The molecule has 0 aliphatic carbocycles. The number of carbonyl (C=O) groups excluding carboxylic acids is 1. The van der Waals surface area contributed by atoms with Crippen LogP contribution >= 0.6 is 11.8 Å². The molecule has 0 fully saturated rings. The molecule has 1 N–H and O–H groups in total. The first-order valence-corrected chi connectivity index (χ1v) is 10.2. The Kier molecular flexibility index (Phi) is 5.25. The minimum Gasteiger partial charge on any atom is -0.325 e. The van der Waals surface area contributed by atoms with Gasteiger partial charge in [-0.05, 0) is 48.0 Å². The van der Waals surface area contributed by atoms with Crippen LogP contribution in [0.2, 0.25) is 0 Å². The molecule has 1 amide bonds. The van der Waals surface area contributed by atoms with Crippen LogP contribution in [0.15, 0.2) is 70.6 Å². The number of nitriles is 1. The molecule has 1 aromatic heterocycles. The first kappa shape index (κ1) is 19.7. The molecule has 4 rings (SSSR count). The summed E-state index contributed by atoms with van der Waals surface area (Å²) < 4.78 is 1.47. The maximum absolute atomic E-state index is 12.9. The molecule has 0 radical (unpaired) electrons. The second kappa shape index (κ2) is 8.01. The van der Waals surface area contributed by atoms with Crippen molar-refractivity contribution in [2.75, 3.05) is 5.32 Å². The van der Waals surface area contributed by atoms with Gasteiger partial charge in [-0.25, -0.2) is 4.98 Å². The van der Waals surface area contributed by atoms with Gasteiger partial charge in [0.2, 0.25) is 5.91 Å². The molecule has 1 heterocycles. The average Bonchev–Trinajstić information content (AvgIpc) is 2.76. The van der Waals surface area contributed by atoms with Gasteiger partial charge in [0.15, 0.2) is 5.16 Å². The van der Waals surface area contributed by atoms with Gasteiger partial charge in [-0.1, -0.05) is 42.1 Å². The average molecular weight is 414 g/mol. The number of hydrogen-bond acceptors (Lipinski definition) is 5. The summed E-state index contributed by atoms with van der Waals surface area (Å²) in [6, 6.07) is 20.3. The summed E-state index contributed by atoms with van der Waals surface area (Å²) in [4.78, 5) is 30.2. The normalized spacial score (nSPS) is 11.9. The van der Waals surface area contributed by atoms with Crippen molar-refractivity contribution in [3.8, 4) is 6.07 Å². The van der Waals surface area contributed by atoms with E-state index < -0.39 is 5.25 Å². The largest absolute Gasteiger partial charge is 0.325 e. The Labute approximate surface area is 177 Å². The van der Waals surface area contributed by atoms with E-state index in [4.69, 9.17) is 5.26 Å². The number of rotatable bonds is 4. The van der Waals surface area contributed by atoms with E-state index in [2.05, 4.69) is 10.3 Å². The number of nitrogens with one attached hydrogen (secondary N) is 1. The summed E-state index contributed by atoms with van der Waals surface area (Å²) in [5.41, 5.74) is 1.48. The summed E-state index contributed by atoms with van der Waals surface area (Å²) in [6.07, 6.45) is 0. The number of anilines is 1. The Bertz CT molecular complexity index is 1390.